The van der Waals surface area contributed by atoms with Crippen molar-refractivity contribution in [2.24, 2.45) is 0 Å². The molecule has 1 N–H and O–H groups in total. The van der Waals surface area contributed by atoms with Gasteiger partial charge in [-0.25, -0.2) is 0 Å². The van der Waals surface area contributed by atoms with E-state index in [0.717, 1.165) is 36.6 Å². The summed E-state index contributed by atoms with van der Waals surface area (Å²) in [6.07, 6.45) is 8.84. The third-order valence-corrected chi connectivity index (χ3v) is 3.89. The molecule has 2 rings (SSSR count). The first-order chi connectivity index (χ1) is 10.3. The molecule has 0 amide bonds. The van der Waals surface area contributed by atoms with Gasteiger partial charge in [0.15, 0.2) is 11.5 Å². The molecular weight excluding hydrogens is 262 g/mol. The summed E-state index contributed by atoms with van der Waals surface area (Å²) < 4.78 is 11.1. The zero-order chi connectivity index (χ0) is 14.9. The summed E-state index contributed by atoms with van der Waals surface area (Å²) in [5.74, 6) is 1.68. The van der Waals surface area contributed by atoms with Gasteiger partial charge in [0.25, 0.3) is 0 Å². The minimum atomic E-state index is 0.653. The lowest BCUT2D eigenvalue weighted by Crippen LogP contribution is -2.16. The third-order valence-electron chi connectivity index (χ3n) is 3.89. The lowest BCUT2D eigenvalue weighted by Gasteiger charge is -2.15. The number of nitrogens with one attached hydrogen (secondary N) is 1. The van der Waals surface area contributed by atoms with Crippen LogP contribution in [-0.2, 0) is 6.54 Å². The molecule has 21 heavy (non-hydrogen) atoms. The summed E-state index contributed by atoms with van der Waals surface area (Å²) in [4.78, 5) is 0. The maximum Gasteiger partial charge on any atom is 0.165 e. The molecule has 0 fully saturated rings. The van der Waals surface area contributed by atoms with Gasteiger partial charge >= 0.3 is 0 Å². The summed E-state index contributed by atoms with van der Waals surface area (Å²) in [6, 6.07) is 6.06. The Bertz CT molecular complexity index is 468. The quantitative estimate of drug-likeness (QED) is 0.578. The van der Waals surface area contributed by atoms with Gasteiger partial charge in [-0.3, -0.25) is 0 Å². The standard InChI is InChI=1S/C18H27NO2/c1-3-21-18-16(10-7-11-17(18)20-2)14-19-13-12-15-8-5-4-6-9-15/h7-8,10-11,19H,3-6,9,12-14H2,1-2H3. The van der Waals surface area contributed by atoms with Crippen LogP contribution in [0.15, 0.2) is 29.8 Å². The number of allylic oxidation sites excluding steroid dienone is 1. The lowest BCUT2D eigenvalue weighted by molar-refractivity contribution is 0.307. The van der Waals surface area contributed by atoms with Crippen molar-refractivity contribution in [3.63, 3.8) is 0 Å². The van der Waals surface area contributed by atoms with Crippen molar-refractivity contribution < 1.29 is 9.47 Å². The van der Waals surface area contributed by atoms with Crippen LogP contribution in [0.1, 0.15) is 44.6 Å². The van der Waals surface area contributed by atoms with Crippen molar-refractivity contribution in [3.8, 4) is 11.5 Å². The molecule has 3 nitrogen and oxygen atoms in total. The molecule has 1 aliphatic rings. The number of rotatable bonds is 8. The summed E-state index contributed by atoms with van der Waals surface area (Å²) in [5, 5.41) is 3.52. The Morgan fingerprint density at radius 3 is 2.86 bits per heavy atom. The molecule has 0 aromatic heterocycles. The van der Waals surface area contributed by atoms with Crippen molar-refractivity contribution >= 4 is 0 Å². The van der Waals surface area contributed by atoms with E-state index in [0.29, 0.717) is 6.61 Å². The summed E-state index contributed by atoms with van der Waals surface area (Å²) in [6.45, 7) is 4.49. The van der Waals surface area contributed by atoms with Gasteiger partial charge in [-0.2, -0.15) is 0 Å². The summed E-state index contributed by atoms with van der Waals surface area (Å²) in [7, 11) is 1.69. The summed E-state index contributed by atoms with van der Waals surface area (Å²) in [5.41, 5.74) is 2.78. The van der Waals surface area contributed by atoms with Crippen LogP contribution in [0, 0.1) is 0 Å². The van der Waals surface area contributed by atoms with Crippen LogP contribution in [0.2, 0.25) is 0 Å². The van der Waals surface area contributed by atoms with Gasteiger partial charge in [-0.05, 0) is 51.6 Å². The van der Waals surface area contributed by atoms with Crippen LogP contribution in [0.4, 0.5) is 0 Å². The largest absolute Gasteiger partial charge is 0.493 e. The average molecular weight is 289 g/mol. The van der Waals surface area contributed by atoms with E-state index in [-0.39, 0.29) is 0 Å². The topological polar surface area (TPSA) is 30.5 Å². The number of benzene rings is 1. The Balaban J connectivity index is 1.86. The third kappa shape index (κ3) is 4.78. The second-order valence-corrected chi connectivity index (χ2v) is 5.42. The fourth-order valence-corrected chi connectivity index (χ4v) is 2.77. The molecule has 0 bridgehead atoms. The van der Waals surface area contributed by atoms with E-state index in [2.05, 4.69) is 17.5 Å². The Kier molecular flexibility index (Phi) is 6.61. The van der Waals surface area contributed by atoms with Crippen molar-refractivity contribution in [2.45, 2.75) is 45.6 Å². The molecule has 0 heterocycles. The van der Waals surface area contributed by atoms with Crippen LogP contribution >= 0.6 is 0 Å². The first-order valence-corrected chi connectivity index (χ1v) is 8.02. The normalized spacial score (nSPS) is 14.7. The monoisotopic (exact) mass is 289 g/mol. The number of para-hydroxylation sites is 1. The van der Waals surface area contributed by atoms with Gasteiger partial charge in [0.1, 0.15) is 0 Å². The van der Waals surface area contributed by atoms with E-state index in [4.69, 9.17) is 9.47 Å². The molecule has 0 unspecified atom stereocenters. The highest BCUT2D eigenvalue weighted by atomic mass is 16.5. The predicted octanol–water partition coefficient (Wildman–Crippen LogP) is 4.07. The highest BCUT2D eigenvalue weighted by molar-refractivity contribution is 5.46. The van der Waals surface area contributed by atoms with Gasteiger partial charge in [0.2, 0.25) is 0 Å². The molecule has 0 spiro atoms. The number of hydrogen-bond acceptors (Lipinski definition) is 3. The van der Waals surface area contributed by atoms with Crippen LogP contribution in [0.25, 0.3) is 0 Å². The van der Waals surface area contributed by atoms with E-state index in [1.807, 2.05) is 19.1 Å². The Morgan fingerprint density at radius 2 is 2.14 bits per heavy atom. The molecular formula is C18H27NO2. The first-order valence-electron chi connectivity index (χ1n) is 8.02. The van der Waals surface area contributed by atoms with Crippen LogP contribution in [0.3, 0.4) is 0 Å². The molecule has 1 aromatic carbocycles. The summed E-state index contributed by atoms with van der Waals surface area (Å²) >= 11 is 0. The van der Waals surface area contributed by atoms with Crippen molar-refractivity contribution in [2.75, 3.05) is 20.3 Å². The van der Waals surface area contributed by atoms with E-state index in [1.54, 1.807) is 12.7 Å². The van der Waals surface area contributed by atoms with Gasteiger partial charge in [-0.15, -0.1) is 0 Å². The maximum absolute atomic E-state index is 5.73. The smallest absolute Gasteiger partial charge is 0.165 e. The maximum atomic E-state index is 5.73. The zero-order valence-electron chi connectivity index (χ0n) is 13.3. The van der Waals surface area contributed by atoms with Crippen molar-refractivity contribution in [1.29, 1.82) is 0 Å². The predicted molar refractivity (Wildman–Crippen MR) is 87.0 cm³/mol. The number of ether oxygens (including phenoxy) is 2. The van der Waals surface area contributed by atoms with Crippen LogP contribution in [-0.4, -0.2) is 20.3 Å². The van der Waals surface area contributed by atoms with E-state index in [1.165, 1.54) is 25.7 Å². The second-order valence-electron chi connectivity index (χ2n) is 5.42. The van der Waals surface area contributed by atoms with E-state index >= 15 is 0 Å². The zero-order valence-corrected chi connectivity index (χ0v) is 13.3. The average Bonchev–Trinajstić information content (AvgIpc) is 2.54. The Labute approximate surface area is 128 Å². The Hall–Kier alpha value is -1.48. The second kappa shape index (κ2) is 8.73. The van der Waals surface area contributed by atoms with Crippen molar-refractivity contribution in [1.82, 2.24) is 5.32 Å². The highest BCUT2D eigenvalue weighted by Gasteiger charge is 2.10. The molecule has 3 heteroatoms. The molecule has 0 saturated carbocycles. The SMILES string of the molecule is CCOc1c(CNCCC2=CCCCC2)cccc1OC. The number of hydrogen-bond donors (Lipinski definition) is 1. The molecule has 116 valence electrons. The molecule has 0 saturated heterocycles. The van der Waals surface area contributed by atoms with Crippen LogP contribution in [0.5, 0.6) is 11.5 Å². The number of methoxy groups -OCH3 is 1. The minimum Gasteiger partial charge on any atom is -0.493 e. The highest BCUT2D eigenvalue weighted by Crippen LogP contribution is 2.31. The molecule has 1 aromatic rings. The van der Waals surface area contributed by atoms with Gasteiger partial charge < -0.3 is 14.8 Å². The molecule has 0 radical (unpaired) electrons. The van der Waals surface area contributed by atoms with E-state index < -0.39 is 0 Å². The fourth-order valence-electron chi connectivity index (χ4n) is 2.77. The van der Waals surface area contributed by atoms with Gasteiger partial charge in [-0.1, -0.05) is 23.8 Å². The Morgan fingerprint density at radius 1 is 1.24 bits per heavy atom. The molecule has 0 atom stereocenters. The first kappa shape index (κ1) is 15.9. The van der Waals surface area contributed by atoms with E-state index in [9.17, 15) is 0 Å². The van der Waals surface area contributed by atoms with Crippen molar-refractivity contribution in [3.05, 3.63) is 35.4 Å². The van der Waals surface area contributed by atoms with Gasteiger partial charge in [0, 0.05) is 12.1 Å². The molecule has 0 aliphatic heterocycles. The lowest BCUT2D eigenvalue weighted by atomic mass is 9.97. The minimum absolute atomic E-state index is 0.653. The van der Waals surface area contributed by atoms with Gasteiger partial charge in [0.05, 0.1) is 13.7 Å². The van der Waals surface area contributed by atoms with Crippen LogP contribution < -0.4 is 14.8 Å². The molecule has 1 aliphatic carbocycles. The fraction of sp³-hybridized carbons (Fsp3) is 0.556.